The number of nitrogens with zero attached hydrogens (tertiary/aromatic N) is 1. The molecule has 2 aromatic heterocycles. The first-order valence-corrected chi connectivity index (χ1v) is 13.2. The Morgan fingerprint density at radius 1 is 1.07 bits per heavy atom. The van der Waals surface area contributed by atoms with Crippen molar-refractivity contribution in [3.63, 3.8) is 0 Å². The number of esters is 1. The minimum absolute atomic E-state index is 0.154. The minimum Gasteiger partial charge on any atom is -0.502 e. The predicted octanol–water partition coefficient (Wildman–Crippen LogP) is 3.77. The van der Waals surface area contributed by atoms with Gasteiger partial charge in [0.25, 0.3) is 5.56 Å². The number of rotatable bonds is 8. The molecule has 1 aliphatic heterocycles. The van der Waals surface area contributed by atoms with Crippen LogP contribution in [0, 0.1) is 6.92 Å². The van der Waals surface area contributed by atoms with Crippen molar-refractivity contribution in [1.82, 2.24) is 9.88 Å². The van der Waals surface area contributed by atoms with E-state index >= 15 is 0 Å². The van der Waals surface area contributed by atoms with E-state index in [1.54, 1.807) is 20.3 Å². The van der Waals surface area contributed by atoms with E-state index in [1.807, 2.05) is 37.3 Å². The zero-order valence-electron chi connectivity index (χ0n) is 23.4. The summed E-state index contributed by atoms with van der Waals surface area (Å²) in [6, 6.07) is 12.4. The molecule has 214 valence electrons. The third kappa shape index (κ3) is 5.55. The van der Waals surface area contributed by atoms with Gasteiger partial charge in [-0.25, -0.2) is 0 Å². The third-order valence-corrected chi connectivity index (χ3v) is 7.58. The second-order valence-corrected chi connectivity index (χ2v) is 10.2. The zero-order valence-corrected chi connectivity index (χ0v) is 23.4. The zero-order chi connectivity index (χ0) is 29.3. The van der Waals surface area contributed by atoms with Crippen LogP contribution in [0.4, 0.5) is 0 Å². The molecule has 1 atom stereocenters. The van der Waals surface area contributed by atoms with Crippen molar-refractivity contribution in [2.24, 2.45) is 0 Å². The van der Waals surface area contributed by atoms with Crippen LogP contribution in [0.3, 0.4) is 0 Å². The molecule has 5 rings (SSSR count). The molecule has 0 amide bonds. The number of aryl methyl sites for hydroxylation is 1. The number of hydrogen-bond donors (Lipinski definition) is 2. The number of aromatic hydroxyl groups is 1. The Hall–Kier alpha value is -4.57. The molecule has 10 heteroatoms. The van der Waals surface area contributed by atoms with Crippen molar-refractivity contribution in [2.45, 2.75) is 38.8 Å². The molecule has 0 fully saturated rings. The summed E-state index contributed by atoms with van der Waals surface area (Å²) >= 11 is 0. The van der Waals surface area contributed by atoms with Gasteiger partial charge in [-0.05, 0) is 53.6 Å². The van der Waals surface area contributed by atoms with Crippen LogP contribution >= 0.6 is 0 Å². The lowest BCUT2D eigenvalue weighted by molar-refractivity contribution is -0.140. The largest absolute Gasteiger partial charge is 0.502 e. The van der Waals surface area contributed by atoms with Crippen molar-refractivity contribution in [3.05, 3.63) is 96.8 Å². The number of aromatic nitrogens is 1. The van der Waals surface area contributed by atoms with Gasteiger partial charge in [-0.15, -0.1) is 0 Å². The van der Waals surface area contributed by atoms with Crippen LogP contribution in [0.1, 0.15) is 46.1 Å². The molecule has 10 nitrogen and oxygen atoms in total. The maximum absolute atomic E-state index is 13.2. The number of hydrogen-bond acceptors (Lipinski definition) is 9. The maximum atomic E-state index is 13.2. The highest BCUT2D eigenvalue weighted by Crippen LogP contribution is 2.35. The highest BCUT2D eigenvalue weighted by atomic mass is 16.5. The number of pyridine rings is 1. The van der Waals surface area contributed by atoms with Crippen LogP contribution in [0.25, 0.3) is 10.9 Å². The van der Waals surface area contributed by atoms with Gasteiger partial charge in [0.05, 0.1) is 45.7 Å². The van der Waals surface area contributed by atoms with E-state index in [9.17, 15) is 19.5 Å². The highest BCUT2D eigenvalue weighted by molar-refractivity contribution is 5.82. The third-order valence-electron chi connectivity index (χ3n) is 7.58. The minimum atomic E-state index is -1.05. The first-order chi connectivity index (χ1) is 19.7. The van der Waals surface area contributed by atoms with Crippen LogP contribution < -0.4 is 20.5 Å². The lowest BCUT2D eigenvalue weighted by Gasteiger charge is -2.29. The van der Waals surface area contributed by atoms with Crippen LogP contribution in [0.15, 0.2) is 56.5 Å². The van der Waals surface area contributed by atoms with Crippen LogP contribution in [0.5, 0.6) is 17.2 Å². The number of H-pyrrole nitrogens is 1. The second kappa shape index (κ2) is 11.5. The van der Waals surface area contributed by atoms with Crippen LogP contribution in [-0.4, -0.2) is 48.8 Å². The number of nitrogens with one attached hydrogen (secondary N) is 1. The number of methoxy groups -OCH3 is 3. The molecule has 41 heavy (non-hydrogen) atoms. The van der Waals surface area contributed by atoms with E-state index in [0.29, 0.717) is 35.9 Å². The molecule has 0 spiro atoms. The van der Waals surface area contributed by atoms with E-state index in [4.69, 9.17) is 18.6 Å². The Bertz CT molecular complexity index is 1740. The van der Waals surface area contributed by atoms with Gasteiger partial charge in [-0.3, -0.25) is 19.3 Å². The molecule has 2 N–H and O–H groups in total. The fourth-order valence-electron chi connectivity index (χ4n) is 5.42. The standard InChI is InChI=1S/C31H32N2O8/c1-17-6-5-7-19-10-23(31(37)32-28(17)19)22(14-27(35)40-4)30-29(36)24(34)13-21(41-30)16-33-9-8-18-11-25(38-2)26(39-3)12-20(18)15-33/h5-7,10-13,22,36H,8-9,14-16H2,1-4H3,(H,32,37). The summed E-state index contributed by atoms with van der Waals surface area (Å²) in [5, 5.41) is 11.6. The summed E-state index contributed by atoms with van der Waals surface area (Å²) in [5.41, 5.74) is 2.83. The van der Waals surface area contributed by atoms with Crippen molar-refractivity contribution in [3.8, 4) is 17.2 Å². The smallest absolute Gasteiger partial charge is 0.306 e. The van der Waals surface area contributed by atoms with E-state index in [1.165, 1.54) is 13.2 Å². The maximum Gasteiger partial charge on any atom is 0.306 e. The Labute approximate surface area is 236 Å². The summed E-state index contributed by atoms with van der Waals surface area (Å²) < 4.78 is 21.9. The average molecular weight is 561 g/mol. The Kier molecular flexibility index (Phi) is 7.85. The summed E-state index contributed by atoms with van der Waals surface area (Å²) in [4.78, 5) is 43.6. The van der Waals surface area contributed by atoms with Crippen molar-refractivity contribution in [2.75, 3.05) is 27.9 Å². The molecule has 0 saturated heterocycles. The number of fused-ring (bicyclic) bond motifs is 2. The summed E-state index contributed by atoms with van der Waals surface area (Å²) in [7, 11) is 4.42. The van der Waals surface area contributed by atoms with E-state index < -0.39 is 28.6 Å². The molecular weight excluding hydrogens is 528 g/mol. The summed E-state index contributed by atoms with van der Waals surface area (Å²) in [6.45, 7) is 3.42. The number of ether oxygens (including phenoxy) is 3. The molecule has 0 saturated carbocycles. The number of carbonyl (C=O) groups excluding carboxylic acids is 1. The molecule has 3 heterocycles. The Morgan fingerprint density at radius 3 is 2.51 bits per heavy atom. The molecule has 2 aromatic carbocycles. The number of para-hydroxylation sites is 1. The van der Waals surface area contributed by atoms with E-state index in [-0.39, 0.29) is 24.3 Å². The fourth-order valence-corrected chi connectivity index (χ4v) is 5.42. The fraction of sp³-hybridized carbons (Fsp3) is 0.323. The second-order valence-electron chi connectivity index (χ2n) is 10.2. The average Bonchev–Trinajstić information content (AvgIpc) is 2.97. The lowest BCUT2D eigenvalue weighted by Crippen LogP contribution is -2.30. The number of aromatic amines is 1. The Balaban J connectivity index is 1.52. The van der Waals surface area contributed by atoms with Crippen LogP contribution in [-0.2, 0) is 29.0 Å². The summed E-state index contributed by atoms with van der Waals surface area (Å²) in [5.74, 6) is -0.871. The molecule has 1 aliphatic rings. The van der Waals surface area contributed by atoms with E-state index in [2.05, 4.69) is 9.88 Å². The molecule has 4 aromatic rings. The van der Waals surface area contributed by atoms with Crippen molar-refractivity contribution < 1.29 is 28.5 Å². The SMILES string of the molecule is COC(=O)CC(c1oc(CN2CCc3cc(OC)c(OC)cc3C2)cc(=O)c1O)c1cc2cccc(C)c2[nH]c1=O. The van der Waals surface area contributed by atoms with Gasteiger partial charge in [0, 0.05) is 24.7 Å². The van der Waals surface area contributed by atoms with E-state index in [0.717, 1.165) is 28.5 Å². The van der Waals surface area contributed by atoms with Gasteiger partial charge in [-0.2, -0.15) is 0 Å². The quantitative estimate of drug-likeness (QED) is 0.309. The topological polar surface area (TPSA) is 131 Å². The first kappa shape index (κ1) is 28.0. The van der Waals surface area contributed by atoms with Gasteiger partial charge in [0.2, 0.25) is 11.2 Å². The summed E-state index contributed by atoms with van der Waals surface area (Å²) in [6.07, 6.45) is 0.442. The molecule has 0 radical (unpaired) electrons. The number of benzene rings is 2. The normalized spacial score (nSPS) is 14.0. The number of carbonyl (C=O) groups is 1. The van der Waals surface area contributed by atoms with Crippen LogP contribution in [0.2, 0.25) is 0 Å². The van der Waals surface area contributed by atoms with Gasteiger partial charge < -0.3 is 28.7 Å². The predicted molar refractivity (Wildman–Crippen MR) is 152 cm³/mol. The Morgan fingerprint density at radius 2 is 1.80 bits per heavy atom. The molecule has 0 aliphatic carbocycles. The lowest BCUT2D eigenvalue weighted by atomic mass is 9.92. The van der Waals surface area contributed by atoms with Gasteiger partial charge in [-0.1, -0.05) is 18.2 Å². The monoisotopic (exact) mass is 560 g/mol. The first-order valence-electron chi connectivity index (χ1n) is 13.2. The van der Waals surface area contributed by atoms with Crippen molar-refractivity contribution in [1.29, 1.82) is 0 Å². The highest BCUT2D eigenvalue weighted by Gasteiger charge is 2.30. The molecular formula is C31H32N2O8. The van der Waals surface area contributed by atoms with Crippen molar-refractivity contribution >= 4 is 16.9 Å². The van der Waals surface area contributed by atoms with Gasteiger partial charge in [0.15, 0.2) is 17.3 Å². The molecule has 1 unspecified atom stereocenters. The molecule has 0 bridgehead atoms. The van der Waals surface area contributed by atoms with Gasteiger partial charge in [0.1, 0.15) is 5.76 Å². The van der Waals surface area contributed by atoms with Gasteiger partial charge >= 0.3 is 5.97 Å².